The molecule has 4 atom stereocenters. The number of rotatable bonds is 1. The average molecular weight is 162 g/mol. The number of aliphatic hydroxyl groups is 2. The van der Waals surface area contributed by atoms with Crippen LogP contribution in [0.25, 0.3) is 0 Å². The molecule has 4 heteroatoms. The third kappa shape index (κ3) is 1.90. The molecule has 66 valence electrons. The second-order valence-corrected chi connectivity index (χ2v) is 2.84. The molecule has 1 fully saturated rings. The number of hydrogen-bond donors (Lipinski definition) is 2. The molecule has 0 bridgehead atoms. The third-order valence-electron chi connectivity index (χ3n) is 1.85. The molecule has 3 unspecified atom stereocenters. The van der Waals surface area contributed by atoms with Crippen LogP contribution in [-0.4, -0.2) is 41.9 Å². The fourth-order valence-electron chi connectivity index (χ4n) is 1.22. The van der Waals surface area contributed by atoms with Gasteiger partial charge in [0.15, 0.2) is 6.29 Å². The molecule has 1 aliphatic rings. The Hall–Kier alpha value is -0.160. The minimum Gasteiger partial charge on any atom is -0.390 e. The van der Waals surface area contributed by atoms with E-state index in [1.165, 1.54) is 7.11 Å². The van der Waals surface area contributed by atoms with E-state index in [2.05, 4.69) is 0 Å². The molecule has 0 aliphatic carbocycles. The molecule has 2 N–H and O–H groups in total. The first-order valence-corrected chi connectivity index (χ1v) is 3.69. The molecule has 1 rings (SSSR count). The van der Waals surface area contributed by atoms with Crippen molar-refractivity contribution in [1.29, 1.82) is 0 Å². The van der Waals surface area contributed by atoms with E-state index in [4.69, 9.17) is 9.47 Å². The maximum Gasteiger partial charge on any atom is 0.185 e. The maximum absolute atomic E-state index is 9.26. The summed E-state index contributed by atoms with van der Waals surface area (Å²) in [6.45, 7) is 1.83. The maximum atomic E-state index is 9.26. The van der Waals surface area contributed by atoms with Gasteiger partial charge in [-0.25, -0.2) is 0 Å². The van der Waals surface area contributed by atoms with E-state index in [1.54, 1.807) is 0 Å². The summed E-state index contributed by atoms with van der Waals surface area (Å²) in [5, 5.41) is 18.5. The molecule has 1 aliphatic heterocycles. The fraction of sp³-hybridized carbons (Fsp3) is 1.00. The number of hydrogen-bond acceptors (Lipinski definition) is 4. The van der Waals surface area contributed by atoms with Gasteiger partial charge in [0, 0.05) is 13.5 Å². The van der Waals surface area contributed by atoms with Gasteiger partial charge in [0.05, 0.1) is 12.2 Å². The second-order valence-electron chi connectivity index (χ2n) is 2.84. The molecule has 11 heavy (non-hydrogen) atoms. The minimum atomic E-state index is -0.920. The van der Waals surface area contributed by atoms with Gasteiger partial charge in [-0.3, -0.25) is 0 Å². The molecule has 0 aromatic rings. The molecule has 0 aromatic heterocycles. The van der Waals surface area contributed by atoms with Gasteiger partial charge in [0.1, 0.15) is 6.10 Å². The third-order valence-corrected chi connectivity index (χ3v) is 1.85. The molecular formula is C7H14O4. The average Bonchev–Trinajstić information content (AvgIpc) is 1.96. The summed E-state index contributed by atoms with van der Waals surface area (Å²) in [6.07, 6.45) is -1.94. The lowest BCUT2D eigenvalue weighted by Gasteiger charge is -2.34. The topological polar surface area (TPSA) is 58.9 Å². The quantitative estimate of drug-likeness (QED) is 0.545. The zero-order chi connectivity index (χ0) is 8.43. The number of aliphatic hydroxyl groups excluding tert-OH is 2. The zero-order valence-electron chi connectivity index (χ0n) is 6.73. The van der Waals surface area contributed by atoms with E-state index in [0.29, 0.717) is 6.42 Å². The Kier molecular flexibility index (Phi) is 2.84. The van der Waals surface area contributed by atoms with E-state index in [-0.39, 0.29) is 6.10 Å². The summed E-state index contributed by atoms with van der Waals surface area (Å²) in [5.74, 6) is 0. The first kappa shape index (κ1) is 8.93. The summed E-state index contributed by atoms with van der Waals surface area (Å²) < 4.78 is 10.00. The van der Waals surface area contributed by atoms with Crippen LogP contribution in [0.2, 0.25) is 0 Å². The van der Waals surface area contributed by atoms with Crippen molar-refractivity contribution in [1.82, 2.24) is 0 Å². The van der Waals surface area contributed by atoms with Gasteiger partial charge >= 0.3 is 0 Å². The summed E-state index contributed by atoms with van der Waals surface area (Å²) in [4.78, 5) is 0. The minimum absolute atomic E-state index is 0.0571. The SMILES string of the molecule is CO[C@H]1OC(C)CC(O)C1O. The molecule has 4 nitrogen and oxygen atoms in total. The molecular weight excluding hydrogens is 148 g/mol. The lowest BCUT2D eigenvalue weighted by Crippen LogP contribution is -2.48. The van der Waals surface area contributed by atoms with Crippen molar-refractivity contribution >= 4 is 0 Å². The van der Waals surface area contributed by atoms with Gasteiger partial charge in [-0.1, -0.05) is 0 Å². The van der Waals surface area contributed by atoms with Gasteiger partial charge in [-0.2, -0.15) is 0 Å². The lowest BCUT2D eigenvalue weighted by molar-refractivity contribution is -0.254. The molecule has 0 amide bonds. The van der Waals surface area contributed by atoms with E-state index < -0.39 is 18.5 Å². The van der Waals surface area contributed by atoms with E-state index in [1.807, 2.05) is 6.92 Å². The molecule has 0 spiro atoms. The number of ether oxygens (including phenoxy) is 2. The smallest absolute Gasteiger partial charge is 0.185 e. The Morgan fingerprint density at radius 3 is 2.64 bits per heavy atom. The van der Waals surface area contributed by atoms with Crippen molar-refractivity contribution in [3.05, 3.63) is 0 Å². The van der Waals surface area contributed by atoms with Crippen LogP contribution in [0.15, 0.2) is 0 Å². The molecule has 1 saturated heterocycles. The Morgan fingerprint density at radius 2 is 2.09 bits per heavy atom. The first-order chi connectivity index (χ1) is 5.15. The Bertz CT molecular complexity index is 128. The van der Waals surface area contributed by atoms with Gasteiger partial charge in [0.2, 0.25) is 0 Å². The Morgan fingerprint density at radius 1 is 1.45 bits per heavy atom. The lowest BCUT2D eigenvalue weighted by atomic mass is 10.0. The predicted octanol–water partition coefficient (Wildman–Crippen LogP) is -0.510. The van der Waals surface area contributed by atoms with E-state index in [9.17, 15) is 10.2 Å². The summed E-state index contributed by atoms with van der Waals surface area (Å²) in [7, 11) is 1.44. The highest BCUT2D eigenvalue weighted by molar-refractivity contribution is 4.78. The van der Waals surface area contributed by atoms with Gasteiger partial charge < -0.3 is 19.7 Å². The van der Waals surface area contributed by atoms with Crippen LogP contribution in [-0.2, 0) is 9.47 Å². The Balaban J connectivity index is 2.51. The second kappa shape index (κ2) is 3.49. The van der Waals surface area contributed by atoms with Crippen molar-refractivity contribution < 1.29 is 19.7 Å². The van der Waals surface area contributed by atoms with Crippen molar-refractivity contribution in [3.8, 4) is 0 Å². The van der Waals surface area contributed by atoms with Crippen LogP contribution in [0.1, 0.15) is 13.3 Å². The van der Waals surface area contributed by atoms with E-state index in [0.717, 1.165) is 0 Å². The van der Waals surface area contributed by atoms with Crippen LogP contribution in [0.5, 0.6) is 0 Å². The molecule has 0 aromatic carbocycles. The van der Waals surface area contributed by atoms with Crippen molar-refractivity contribution in [2.45, 2.75) is 37.9 Å². The predicted molar refractivity (Wildman–Crippen MR) is 38.0 cm³/mol. The van der Waals surface area contributed by atoms with Gasteiger partial charge in [0.25, 0.3) is 0 Å². The van der Waals surface area contributed by atoms with Gasteiger partial charge in [-0.05, 0) is 6.92 Å². The fourth-order valence-corrected chi connectivity index (χ4v) is 1.22. The van der Waals surface area contributed by atoms with Crippen molar-refractivity contribution in [3.63, 3.8) is 0 Å². The van der Waals surface area contributed by atoms with Crippen LogP contribution in [0.4, 0.5) is 0 Å². The zero-order valence-corrected chi connectivity index (χ0v) is 6.73. The van der Waals surface area contributed by atoms with Crippen LogP contribution in [0.3, 0.4) is 0 Å². The monoisotopic (exact) mass is 162 g/mol. The summed E-state index contributed by atoms with van der Waals surface area (Å²) in [6, 6.07) is 0. The highest BCUT2D eigenvalue weighted by Crippen LogP contribution is 2.19. The first-order valence-electron chi connectivity index (χ1n) is 3.69. The van der Waals surface area contributed by atoms with Crippen molar-refractivity contribution in [2.24, 2.45) is 0 Å². The molecule has 0 saturated carbocycles. The van der Waals surface area contributed by atoms with Crippen molar-refractivity contribution in [2.75, 3.05) is 7.11 Å². The van der Waals surface area contributed by atoms with Crippen LogP contribution >= 0.6 is 0 Å². The van der Waals surface area contributed by atoms with Crippen LogP contribution < -0.4 is 0 Å². The molecule has 0 radical (unpaired) electrons. The summed E-state index contributed by atoms with van der Waals surface area (Å²) in [5.41, 5.74) is 0. The highest BCUT2D eigenvalue weighted by Gasteiger charge is 2.34. The Labute approximate surface area is 65.7 Å². The number of methoxy groups -OCH3 is 1. The van der Waals surface area contributed by atoms with E-state index >= 15 is 0 Å². The molecule has 1 heterocycles. The largest absolute Gasteiger partial charge is 0.390 e. The van der Waals surface area contributed by atoms with Crippen LogP contribution in [0, 0.1) is 0 Å². The normalized spacial score (nSPS) is 45.8. The standard InChI is InChI=1S/C7H14O4/c1-4-3-5(8)6(9)7(10-2)11-4/h4-9H,3H2,1-2H3/t4?,5?,6?,7-/m0/s1. The highest BCUT2D eigenvalue weighted by atomic mass is 16.7. The summed E-state index contributed by atoms with van der Waals surface area (Å²) >= 11 is 0. The van der Waals surface area contributed by atoms with Gasteiger partial charge in [-0.15, -0.1) is 0 Å².